The largest absolute Gasteiger partial charge is 0.318 e. The van der Waals surface area contributed by atoms with Gasteiger partial charge in [0.1, 0.15) is 0 Å². The van der Waals surface area contributed by atoms with Gasteiger partial charge in [0.15, 0.2) is 11.5 Å². The van der Waals surface area contributed by atoms with Crippen LogP contribution < -0.4 is 5.56 Å². The molecule has 10 heteroatoms. The number of para-hydroxylation sites is 2. The number of thioether (sulfide) groups is 1. The molecule has 0 fully saturated rings. The summed E-state index contributed by atoms with van der Waals surface area (Å²) in [5.74, 6) is 0.106. The van der Waals surface area contributed by atoms with Crippen LogP contribution in [0.4, 0.5) is 0 Å². The van der Waals surface area contributed by atoms with Crippen molar-refractivity contribution < 1.29 is 4.79 Å². The minimum atomic E-state index is -0.243. The third-order valence-electron chi connectivity index (χ3n) is 6.25. The summed E-state index contributed by atoms with van der Waals surface area (Å²) in [6.45, 7) is 5.78. The molecule has 0 N–H and O–H groups in total. The summed E-state index contributed by atoms with van der Waals surface area (Å²) in [5.41, 5.74) is 5.09. The van der Waals surface area contributed by atoms with E-state index in [9.17, 15) is 9.59 Å². The number of hydrogen-bond acceptors (Lipinski definition) is 6. The Labute approximate surface area is 212 Å². The Balaban J connectivity index is 1.43. The average Bonchev–Trinajstić information content (AvgIpc) is 3.53. The number of ketones is 1. The van der Waals surface area contributed by atoms with Crippen LogP contribution in [-0.4, -0.2) is 45.7 Å². The van der Waals surface area contributed by atoms with Gasteiger partial charge in [-0.3, -0.25) is 14.3 Å². The molecule has 9 nitrogen and oxygen atoms in total. The summed E-state index contributed by atoms with van der Waals surface area (Å²) >= 11 is 1.21. The van der Waals surface area contributed by atoms with Gasteiger partial charge in [-0.15, -0.1) is 5.10 Å². The standard InChI is InChI=1S/C26H25N7O2S/c1-17-15-22(18(2)31(17)20-11-7-5-8-12-20)23(34)16-36-26-27-28-29-32(26)24-19(3)30(4)33(25(24)35)21-13-9-6-10-14-21/h5-15H,16H2,1-4H3. The minimum Gasteiger partial charge on any atom is -0.318 e. The van der Waals surface area contributed by atoms with Crippen LogP contribution in [0.5, 0.6) is 0 Å². The van der Waals surface area contributed by atoms with Crippen LogP contribution in [-0.2, 0) is 7.05 Å². The van der Waals surface area contributed by atoms with Crippen molar-refractivity contribution in [3.63, 3.8) is 0 Å². The van der Waals surface area contributed by atoms with E-state index in [2.05, 4.69) is 20.1 Å². The Morgan fingerprint density at radius 3 is 2.22 bits per heavy atom. The summed E-state index contributed by atoms with van der Waals surface area (Å²) < 4.78 is 6.83. The monoisotopic (exact) mass is 499 g/mol. The molecule has 0 saturated carbocycles. The number of rotatable bonds is 7. The number of aryl methyl sites for hydroxylation is 1. The van der Waals surface area contributed by atoms with E-state index in [4.69, 9.17) is 0 Å². The second kappa shape index (κ2) is 9.46. The van der Waals surface area contributed by atoms with Gasteiger partial charge in [0.05, 0.1) is 17.1 Å². The van der Waals surface area contributed by atoms with E-state index in [0.29, 0.717) is 22.1 Å². The lowest BCUT2D eigenvalue weighted by Gasteiger charge is -2.09. The summed E-state index contributed by atoms with van der Waals surface area (Å²) in [6.07, 6.45) is 0. The van der Waals surface area contributed by atoms with E-state index < -0.39 is 0 Å². The van der Waals surface area contributed by atoms with E-state index in [-0.39, 0.29) is 17.1 Å². The number of benzene rings is 2. The molecule has 0 bridgehead atoms. The lowest BCUT2D eigenvalue weighted by atomic mass is 10.2. The number of aromatic nitrogens is 7. The average molecular weight is 500 g/mol. The van der Waals surface area contributed by atoms with Crippen LogP contribution in [0.15, 0.2) is 76.7 Å². The van der Waals surface area contributed by atoms with Gasteiger partial charge in [0.25, 0.3) is 5.56 Å². The van der Waals surface area contributed by atoms with Gasteiger partial charge < -0.3 is 4.57 Å². The predicted octanol–water partition coefficient (Wildman–Crippen LogP) is 3.84. The number of tetrazole rings is 1. The molecule has 36 heavy (non-hydrogen) atoms. The first-order chi connectivity index (χ1) is 17.4. The van der Waals surface area contributed by atoms with Gasteiger partial charge in [-0.25, -0.2) is 4.68 Å². The van der Waals surface area contributed by atoms with E-state index >= 15 is 0 Å². The molecule has 182 valence electrons. The lowest BCUT2D eigenvalue weighted by molar-refractivity contribution is 0.102. The number of Topliss-reactive ketones (excluding diaryl/α,β-unsaturated/α-hetero) is 1. The van der Waals surface area contributed by atoms with Crippen molar-refractivity contribution in [2.45, 2.75) is 25.9 Å². The zero-order valence-electron chi connectivity index (χ0n) is 20.4. The molecule has 0 aliphatic rings. The second-order valence-electron chi connectivity index (χ2n) is 8.45. The van der Waals surface area contributed by atoms with Crippen LogP contribution in [0.25, 0.3) is 17.1 Å². The summed E-state index contributed by atoms with van der Waals surface area (Å²) in [4.78, 5) is 26.6. The molecule has 0 radical (unpaired) electrons. The molecule has 0 unspecified atom stereocenters. The number of carbonyl (C=O) groups excluding carboxylic acids is 1. The van der Waals surface area contributed by atoms with Crippen LogP contribution in [0.1, 0.15) is 27.4 Å². The van der Waals surface area contributed by atoms with Crippen molar-refractivity contribution in [3.05, 3.63) is 99.7 Å². The highest BCUT2D eigenvalue weighted by Crippen LogP contribution is 2.25. The minimum absolute atomic E-state index is 0.0312. The zero-order valence-corrected chi connectivity index (χ0v) is 21.2. The Bertz CT molecular complexity index is 1610. The van der Waals surface area contributed by atoms with Gasteiger partial charge >= 0.3 is 0 Å². The van der Waals surface area contributed by atoms with Gasteiger partial charge in [-0.1, -0.05) is 48.2 Å². The molecule has 0 amide bonds. The highest BCUT2D eigenvalue weighted by atomic mass is 32.2. The van der Waals surface area contributed by atoms with E-state index in [0.717, 1.165) is 22.8 Å². The first-order valence-electron chi connectivity index (χ1n) is 11.4. The van der Waals surface area contributed by atoms with E-state index in [1.54, 1.807) is 9.36 Å². The molecule has 3 heterocycles. The Kier molecular flexibility index (Phi) is 6.19. The Morgan fingerprint density at radius 2 is 1.56 bits per heavy atom. The smallest absolute Gasteiger partial charge is 0.297 e. The third kappa shape index (κ3) is 3.99. The van der Waals surface area contributed by atoms with Crippen molar-refractivity contribution in [2.75, 3.05) is 5.75 Å². The number of nitrogens with zero attached hydrogens (tertiary/aromatic N) is 7. The molecule has 0 atom stereocenters. The molecule has 5 aromatic rings. The van der Waals surface area contributed by atoms with Gasteiger partial charge in [-0.05, 0) is 61.5 Å². The lowest BCUT2D eigenvalue weighted by Crippen LogP contribution is -2.22. The topological polar surface area (TPSA) is 92.5 Å². The van der Waals surface area contributed by atoms with Gasteiger partial charge in [-0.2, -0.15) is 4.68 Å². The van der Waals surface area contributed by atoms with Crippen LogP contribution in [0.3, 0.4) is 0 Å². The summed E-state index contributed by atoms with van der Waals surface area (Å²) in [6, 6.07) is 21.2. The molecule has 2 aromatic carbocycles. The van der Waals surface area contributed by atoms with Crippen molar-refractivity contribution in [1.29, 1.82) is 0 Å². The van der Waals surface area contributed by atoms with Crippen molar-refractivity contribution in [1.82, 2.24) is 34.1 Å². The third-order valence-corrected chi connectivity index (χ3v) is 7.17. The second-order valence-corrected chi connectivity index (χ2v) is 9.39. The molecule has 0 saturated heterocycles. The predicted molar refractivity (Wildman–Crippen MR) is 139 cm³/mol. The van der Waals surface area contributed by atoms with Crippen molar-refractivity contribution >= 4 is 17.5 Å². The molecular weight excluding hydrogens is 474 g/mol. The molecule has 0 aliphatic carbocycles. The normalized spacial score (nSPS) is 11.2. The fourth-order valence-electron chi connectivity index (χ4n) is 4.43. The van der Waals surface area contributed by atoms with E-state index in [1.807, 2.05) is 94.5 Å². The molecule has 0 spiro atoms. The molecule has 0 aliphatic heterocycles. The van der Waals surface area contributed by atoms with Gasteiger partial charge in [0, 0.05) is 29.7 Å². The summed E-state index contributed by atoms with van der Waals surface area (Å²) in [5, 5.41) is 12.3. The van der Waals surface area contributed by atoms with E-state index in [1.165, 1.54) is 16.4 Å². The molecule has 5 rings (SSSR count). The maximum absolute atomic E-state index is 13.4. The van der Waals surface area contributed by atoms with Crippen LogP contribution in [0, 0.1) is 20.8 Å². The SMILES string of the molecule is Cc1cc(C(=O)CSc2nnnn2-c2c(C)n(C)n(-c3ccccc3)c2=O)c(C)n1-c1ccccc1. The first-order valence-corrected chi connectivity index (χ1v) is 12.4. The van der Waals surface area contributed by atoms with Crippen molar-refractivity contribution in [3.8, 4) is 17.1 Å². The highest BCUT2D eigenvalue weighted by molar-refractivity contribution is 7.99. The zero-order chi connectivity index (χ0) is 25.4. The molecular formula is C26H25N7O2S. The number of carbonyl (C=O) groups is 1. The highest BCUT2D eigenvalue weighted by Gasteiger charge is 2.23. The quantitative estimate of drug-likeness (QED) is 0.250. The first kappa shape index (κ1) is 23.6. The Morgan fingerprint density at radius 1 is 0.917 bits per heavy atom. The maximum Gasteiger partial charge on any atom is 0.297 e. The fraction of sp³-hybridized carbons (Fsp3) is 0.192. The summed E-state index contributed by atoms with van der Waals surface area (Å²) in [7, 11) is 1.82. The van der Waals surface area contributed by atoms with Crippen LogP contribution in [0.2, 0.25) is 0 Å². The number of hydrogen-bond donors (Lipinski definition) is 0. The Hall–Kier alpha value is -4.18. The van der Waals surface area contributed by atoms with Gasteiger partial charge in [0.2, 0.25) is 5.16 Å². The maximum atomic E-state index is 13.4. The van der Waals surface area contributed by atoms with Crippen molar-refractivity contribution in [2.24, 2.45) is 7.05 Å². The molecule has 3 aromatic heterocycles. The fourth-order valence-corrected chi connectivity index (χ4v) is 5.19. The van der Waals surface area contributed by atoms with Crippen LogP contribution >= 0.6 is 11.8 Å².